The lowest BCUT2D eigenvalue weighted by molar-refractivity contribution is -0.145. The summed E-state index contributed by atoms with van der Waals surface area (Å²) in [7, 11) is 0. The Bertz CT molecular complexity index is 948. The third kappa shape index (κ3) is 7.53. The van der Waals surface area contributed by atoms with Crippen molar-refractivity contribution in [3.63, 3.8) is 0 Å². The average molecular weight is 515 g/mol. The summed E-state index contributed by atoms with van der Waals surface area (Å²) in [5.74, 6) is -0.0762. The minimum absolute atomic E-state index is 0.0386. The van der Waals surface area contributed by atoms with Crippen molar-refractivity contribution in [3.8, 4) is 0 Å². The molecule has 2 amide bonds. The second-order valence-corrected chi connectivity index (χ2v) is 10.4. The number of nitrogens with zero attached hydrogens (tertiary/aromatic N) is 2. The molecule has 37 heavy (non-hydrogen) atoms. The van der Waals surface area contributed by atoms with E-state index in [4.69, 9.17) is 14.9 Å². The number of hydrogen-bond acceptors (Lipinski definition) is 6. The fraction of sp³-hybridized carbons (Fsp3) is 0.643. The molecule has 204 valence electrons. The molecule has 0 saturated carbocycles. The Morgan fingerprint density at radius 3 is 2.19 bits per heavy atom. The Morgan fingerprint density at radius 2 is 1.62 bits per heavy atom. The largest absolute Gasteiger partial charge is 0.466 e. The predicted molar refractivity (Wildman–Crippen MR) is 142 cm³/mol. The van der Waals surface area contributed by atoms with Crippen molar-refractivity contribution in [2.24, 2.45) is 11.8 Å². The monoisotopic (exact) mass is 514 g/mol. The lowest BCUT2D eigenvalue weighted by Gasteiger charge is -2.39. The maximum atomic E-state index is 13.4. The van der Waals surface area contributed by atoms with Crippen LogP contribution in [0.5, 0.6) is 0 Å². The SMILES string of the molecule is CCOC(=O)CC1CCN(C(=O)C(CC)C(C)(C)NC(=O)c2ccc(C(=N)N3CCOCC3)cc2)CC1. The fourth-order valence-corrected chi connectivity index (χ4v) is 5.23. The van der Waals surface area contributed by atoms with Gasteiger partial charge >= 0.3 is 5.97 Å². The minimum atomic E-state index is -0.746. The highest BCUT2D eigenvalue weighted by atomic mass is 16.5. The molecule has 1 atom stereocenters. The zero-order valence-corrected chi connectivity index (χ0v) is 22.7. The zero-order chi connectivity index (χ0) is 27.0. The Morgan fingerprint density at radius 1 is 1.03 bits per heavy atom. The van der Waals surface area contributed by atoms with E-state index >= 15 is 0 Å². The van der Waals surface area contributed by atoms with Gasteiger partial charge in [-0.15, -0.1) is 0 Å². The Kier molecular flexibility index (Phi) is 10.1. The first-order valence-corrected chi connectivity index (χ1v) is 13.4. The number of carbonyl (C=O) groups excluding carboxylic acids is 3. The molecule has 1 unspecified atom stereocenters. The summed E-state index contributed by atoms with van der Waals surface area (Å²) in [6, 6.07) is 7.05. The van der Waals surface area contributed by atoms with Crippen LogP contribution in [0.3, 0.4) is 0 Å². The number of likely N-dealkylation sites (tertiary alicyclic amines) is 1. The van der Waals surface area contributed by atoms with Gasteiger partial charge in [0.2, 0.25) is 5.91 Å². The number of rotatable bonds is 9. The molecule has 0 aromatic heterocycles. The molecule has 9 nitrogen and oxygen atoms in total. The van der Waals surface area contributed by atoms with Gasteiger partial charge in [-0.25, -0.2) is 0 Å². The van der Waals surface area contributed by atoms with E-state index in [1.165, 1.54) is 0 Å². The van der Waals surface area contributed by atoms with Gasteiger partial charge in [0, 0.05) is 49.3 Å². The summed E-state index contributed by atoms with van der Waals surface area (Å²) < 4.78 is 10.4. The van der Waals surface area contributed by atoms with Crippen molar-refractivity contribution in [2.45, 2.75) is 58.9 Å². The summed E-state index contributed by atoms with van der Waals surface area (Å²) in [6.07, 6.45) is 2.56. The molecule has 2 aliphatic heterocycles. The first-order valence-electron chi connectivity index (χ1n) is 13.4. The predicted octanol–water partition coefficient (Wildman–Crippen LogP) is 3.07. The number of piperidine rings is 1. The summed E-state index contributed by atoms with van der Waals surface area (Å²) in [4.78, 5) is 42.2. The van der Waals surface area contributed by atoms with E-state index in [1.54, 1.807) is 31.2 Å². The second-order valence-electron chi connectivity index (χ2n) is 10.4. The van der Waals surface area contributed by atoms with Crippen LogP contribution in [0.1, 0.15) is 69.3 Å². The number of morpholine rings is 1. The Hall–Kier alpha value is -2.94. The van der Waals surface area contributed by atoms with Gasteiger partial charge in [0.1, 0.15) is 5.84 Å². The first-order chi connectivity index (χ1) is 17.7. The third-order valence-electron chi connectivity index (χ3n) is 7.45. The number of amidine groups is 1. The van der Waals surface area contributed by atoms with E-state index in [0.717, 1.165) is 18.4 Å². The van der Waals surface area contributed by atoms with E-state index < -0.39 is 5.54 Å². The van der Waals surface area contributed by atoms with Crippen LogP contribution in [0.25, 0.3) is 0 Å². The number of carbonyl (C=O) groups is 3. The van der Waals surface area contributed by atoms with Gasteiger partial charge in [-0.1, -0.05) is 19.1 Å². The second kappa shape index (κ2) is 13.0. The van der Waals surface area contributed by atoms with E-state index in [9.17, 15) is 14.4 Å². The smallest absolute Gasteiger partial charge is 0.306 e. The van der Waals surface area contributed by atoms with Crippen LogP contribution >= 0.6 is 0 Å². The van der Waals surface area contributed by atoms with Gasteiger partial charge in [0.05, 0.1) is 25.7 Å². The molecule has 3 rings (SSSR count). The highest BCUT2D eigenvalue weighted by molar-refractivity contribution is 5.99. The van der Waals surface area contributed by atoms with Crippen LogP contribution in [0, 0.1) is 17.2 Å². The van der Waals surface area contributed by atoms with Gasteiger partial charge in [0.25, 0.3) is 5.91 Å². The minimum Gasteiger partial charge on any atom is -0.466 e. The normalized spacial score (nSPS) is 17.7. The number of amides is 2. The molecule has 2 fully saturated rings. The molecule has 2 aliphatic rings. The maximum Gasteiger partial charge on any atom is 0.306 e. The molecule has 0 spiro atoms. The van der Waals surface area contributed by atoms with Gasteiger partial charge < -0.3 is 24.6 Å². The molecular formula is C28H42N4O5. The molecular weight excluding hydrogens is 472 g/mol. The highest BCUT2D eigenvalue weighted by Gasteiger charge is 2.38. The van der Waals surface area contributed by atoms with Crippen LogP contribution in [0.4, 0.5) is 0 Å². The average Bonchev–Trinajstić information content (AvgIpc) is 2.89. The number of esters is 1. The van der Waals surface area contributed by atoms with Gasteiger partial charge in [-0.2, -0.15) is 0 Å². The fourth-order valence-electron chi connectivity index (χ4n) is 5.23. The van der Waals surface area contributed by atoms with Crippen LogP contribution in [0.15, 0.2) is 24.3 Å². The summed E-state index contributed by atoms with van der Waals surface area (Å²) in [5.41, 5.74) is 0.503. The van der Waals surface area contributed by atoms with E-state index in [0.29, 0.717) is 70.2 Å². The topological polar surface area (TPSA) is 112 Å². The number of benzene rings is 1. The molecule has 1 aromatic carbocycles. The van der Waals surface area contributed by atoms with Crippen LogP contribution in [-0.2, 0) is 19.1 Å². The molecule has 2 saturated heterocycles. The van der Waals surface area contributed by atoms with Crippen molar-refractivity contribution in [1.82, 2.24) is 15.1 Å². The molecule has 0 aliphatic carbocycles. The first kappa shape index (κ1) is 28.6. The van der Waals surface area contributed by atoms with Crippen molar-refractivity contribution >= 4 is 23.6 Å². The zero-order valence-electron chi connectivity index (χ0n) is 22.7. The van der Waals surface area contributed by atoms with Crippen molar-refractivity contribution in [1.29, 1.82) is 5.41 Å². The van der Waals surface area contributed by atoms with Gasteiger partial charge in [0.15, 0.2) is 0 Å². The molecule has 9 heteroatoms. The van der Waals surface area contributed by atoms with Crippen molar-refractivity contribution in [2.75, 3.05) is 46.0 Å². The number of hydrogen-bond donors (Lipinski definition) is 2. The van der Waals surface area contributed by atoms with Crippen LogP contribution < -0.4 is 5.32 Å². The summed E-state index contributed by atoms with van der Waals surface area (Å²) >= 11 is 0. The third-order valence-corrected chi connectivity index (χ3v) is 7.45. The lowest BCUT2D eigenvalue weighted by Crippen LogP contribution is -2.55. The molecule has 1 aromatic rings. The van der Waals surface area contributed by atoms with Gasteiger partial charge in [-0.05, 0) is 58.1 Å². The number of ether oxygens (including phenoxy) is 2. The Balaban J connectivity index is 1.57. The van der Waals surface area contributed by atoms with E-state index in [2.05, 4.69) is 5.32 Å². The summed E-state index contributed by atoms with van der Waals surface area (Å²) in [5, 5.41) is 11.5. The van der Waals surface area contributed by atoms with Crippen molar-refractivity contribution < 1.29 is 23.9 Å². The molecule has 0 radical (unpaired) electrons. The lowest BCUT2D eigenvalue weighted by atomic mass is 9.83. The van der Waals surface area contributed by atoms with E-state index in [-0.39, 0.29) is 29.6 Å². The quantitative estimate of drug-likeness (QED) is 0.298. The molecule has 2 N–H and O–H groups in total. The maximum absolute atomic E-state index is 13.4. The van der Waals surface area contributed by atoms with Crippen molar-refractivity contribution in [3.05, 3.63) is 35.4 Å². The van der Waals surface area contributed by atoms with Crippen LogP contribution in [0.2, 0.25) is 0 Å². The Labute approximate surface area is 220 Å². The molecule has 2 heterocycles. The number of nitrogens with one attached hydrogen (secondary N) is 2. The van der Waals surface area contributed by atoms with Crippen LogP contribution in [-0.4, -0.2) is 85.0 Å². The van der Waals surface area contributed by atoms with Gasteiger partial charge in [-0.3, -0.25) is 19.8 Å². The van der Waals surface area contributed by atoms with E-state index in [1.807, 2.05) is 30.6 Å². The molecule has 0 bridgehead atoms. The highest BCUT2D eigenvalue weighted by Crippen LogP contribution is 2.27. The summed E-state index contributed by atoms with van der Waals surface area (Å²) in [6.45, 7) is 11.8. The standard InChI is InChI=1S/C28H42N4O5/c1-5-23(27(35)32-13-11-20(12-14-32)19-24(33)37-6-2)28(3,4)30-26(34)22-9-7-21(8-10-22)25(29)31-15-17-36-18-16-31/h7-10,20,23,29H,5-6,11-19H2,1-4H3,(H,30,34).